The molecule has 1 aromatic rings. The average molecular weight is 237 g/mol. The molecule has 92 valence electrons. The molecule has 0 fully saturated rings. The van der Waals surface area contributed by atoms with Crippen molar-refractivity contribution >= 4 is 11.8 Å². The van der Waals surface area contributed by atoms with Gasteiger partial charge < -0.3 is 15.6 Å². The molecule has 0 unspecified atom stereocenters. The Labute approximate surface area is 99.2 Å². The van der Waals surface area contributed by atoms with E-state index in [4.69, 9.17) is 15.6 Å². The molecule has 0 aromatic heterocycles. The van der Waals surface area contributed by atoms with Gasteiger partial charge in [0.1, 0.15) is 11.8 Å². The zero-order chi connectivity index (χ0) is 12.8. The fraction of sp³-hybridized carbons (Fsp3) is 0.333. The van der Waals surface area contributed by atoms with Crippen molar-refractivity contribution in [1.29, 1.82) is 0 Å². The van der Waals surface area contributed by atoms with Crippen molar-refractivity contribution in [3.8, 4) is 5.75 Å². The summed E-state index contributed by atoms with van der Waals surface area (Å²) in [5, 5.41) is 8.59. The highest BCUT2D eigenvalue weighted by atomic mass is 16.5. The monoisotopic (exact) mass is 237 g/mol. The maximum absolute atomic E-state index is 11.3. The fourth-order valence-electron chi connectivity index (χ4n) is 1.30. The number of Topliss-reactive ketones (excluding diaryl/α,β-unsaturated/α-hetero) is 1. The van der Waals surface area contributed by atoms with Crippen molar-refractivity contribution < 1.29 is 19.4 Å². The van der Waals surface area contributed by atoms with E-state index in [1.165, 1.54) is 6.92 Å². The van der Waals surface area contributed by atoms with Crippen molar-refractivity contribution in [3.05, 3.63) is 29.8 Å². The van der Waals surface area contributed by atoms with Crippen molar-refractivity contribution in [1.82, 2.24) is 0 Å². The molecule has 0 heterocycles. The number of hydrogen-bond acceptors (Lipinski definition) is 4. The number of ether oxygens (including phenoxy) is 1. The van der Waals surface area contributed by atoms with Crippen molar-refractivity contribution in [2.45, 2.75) is 19.4 Å². The minimum absolute atomic E-state index is 0.0943. The van der Waals surface area contributed by atoms with E-state index in [0.29, 0.717) is 11.3 Å². The van der Waals surface area contributed by atoms with Gasteiger partial charge in [-0.25, -0.2) is 0 Å². The summed E-state index contributed by atoms with van der Waals surface area (Å²) >= 11 is 0. The van der Waals surface area contributed by atoms with E-state index >= 15 is 0 Å². The van der Waals surface area contributed by atoms with E-state index in [1.807, 2.05) is 0 Å². The molecule has 1 aromatic carbocycles. The predicted octanol–water partition coefficient (Wildman–Crippen LogP) is 1.07. The van der Waals surface area contributed by atoms with Crippen LogP contribution in [0.3, 0.4) is 0 Å². The van der Waals surface area contributed by atoms with Gasteiger partial charge in [-0.15, -0.1) is 0 Å². The molecule has 0 aliphatic carbocycles. The number of rotatable bonds is 6. The topological polar surface area (TPSA) is 89.6 Å². The number of hydrogen-bond donors (Lipinski definition) is 2. The molecule has 5 nitrogen and oxygen atoms in total. The van der Waals surface area contributed by atoms with E-state index in [1.54, 1.807) is 24.3 Å². The number of nitrogens with two attached hydrogens (primary N) is 1. The number of carboxylic acids is 1. The number of carbonyl (C=O) groups excluding carboxylic acids is 1. The van der Waals surface area contributed by atoms with Gasteiger partial charge in [-0.2, -0.15) is 0 Å². The second-order valence-electron chi connectivity index (χ2n) is 3.63. The molecule has 0 aliphatic heterocycles. The Morgan fingerprint density at radius 1 is 1.41 bits per heavy atom. The highest BCUT2D eigenvalue weighted by molar-refractivity contribution is 5.96. The minimum Gasteiger partial charge on any atom is -0.493 e. The van der Waals surface area contributed by atoms with Crippen molar-refractivity contribution in [3.63, 3.8) is 0 Å². The predicted molar refractivity (Wildman–Crippen MR) is 62.2 cm³/mol. The van der Waals surface area contributed by atoms with Crippen LogP contribution in [0.4, 0.5) is 0 Å². The molecule has 1 rings (SSSR count). The highest BCUT2D eigenvalue weighted by Crippen LogP contribution is 2.18. The van der Waals surface area contributed by atoms with Crippen LogP contribution in [0, 0.1) is 0 Å². The summed E-state index contributed by atoms with van der Waals surface area (Å²) in [6.45, 7) is 1.61. The Balaban J connectivity index is 2.58. The first-order valence-corrected chi connectivity index (χ1v) is 5.23. The summed E-state index contributed by atoms with van der Waals surface area (Å²) in [6, 6.07) is 5.88. The zero-order valence-corrected chi connectivity index (χ0v) is 9.55. The largest absolute Gasteiger partial charge is 0.493 e. The Hall–Kier alpha value is -1.88. The molecule has 5 heteroatoms. The smallest absolute Gasteiger partial charge is 0.320 e. The molecule has 0 saturated carbocycles. The molecular weight excluding hydrogens is 222 g/mol. The lowest BCUT2D eigenvalue weighted by Crippen LogP contribution is -2.31. The highest BCUT2D eigenvalue weighted by Gasteiger charge is 2.12. The second kappa shape index (κ2) is 6.00. The summed E-state index contributed by atoms with van der Waals surface area (Å²) in [6.07, 6.45) is 0.196. The first kappa shape index (κ1) is 13.2. The van der Waals surface area contributed by atoms with E-state index in [9.17, 15) is 9.59 Å². The first-order chi connectivity index (χ1) is 8.02. The van der Waals surface area contributed by atoms with Crippen molar-refractivity contribution in [2.75, 3.05) is 6.61 Å². The minimum atomic E-state index is -1.06. The summed E-state index contributed by atoms with van der Waals surface area (Å²) in [5.74, 6) is -0.700. The summed E-state index contributed by atoms with van der Waals surface area (Å²) < 4.78 is 5.36. The molecule has 0 saturated heterocycles. The molecule has 0 bridgehead atoms. The number of carbonyl (C=O) groups is 2. The van der Waals surface area contributed by atoms with Crippen LogP contribution < -0.4 is 10.5 Å². The van der Waals surface area contributed by atoms with Crippen LogP contribution in [-0.4, -0.2) is 29.5 Å². The van der Waals surface area contributed by atoms with Crippen LogP contribution in [0.15, 0.2) is 24.3 Å². The Morgan fingerprint density at radius 3 is 2.65 bits per heavy atom. The third-order valence-corrected chi connectivity index (χ3v) is 2.27. The van der Waals surface area contributed by atoms with E-state index in [0.717, 1.165) is 0 Å². The maximum atomic E-state index is 11.3. The molecule has 0 spiro atoms. The summed E-state index contributed by atoms with van der Waals surface area (Å²) in [4.78, 5) is 21.8. The first-order valence-electron chi connectivity index (χ1n) is 5.23. The molecule has 1 atom stereocenters. The van der Waals surface area contributed by atoms with Gasteiger partial charge in [0.15, 0.2) is 5.78 Å². The Bertz CT molecular complexity index is 417. The molecule has 0 radical (unpaired) electrons. The summed E-state index contributed by atoms with van der Waals surface area (Å²) in [5.41, 5.74) is 5.81. The standard InChI is InChI=1S/C12H15NO4/c1-8(14)9-4-2-3-5-11(9)17-7-6-10(13)12(15)16/h2-5,10H,6-7,13H2,1H3,(H,15,16)/t10-/m1/s1. The van der Waals surface area contributed by atoms with Gasteiger partial charge in [0.05, 0.1) is 12.2 Å². The van der Waals surface area contributed by atoms with Gasteiger partial charge in [-0.05, 0) is 19.1 Å². The number of aliphatic carboxylic acids is 1. The van der Waals surface area contributed by atoms with Crippen molar-refractivity contribution in [2.24, 2.45) is 5.73 Å². The normalized spacial score (nSPS) is 11.9. The van der Waals surface area contributed by atoms with Gasteiger partial charge in [-0.3, -0.25) is 9.59 Å². The Morgan fingerprint density at radius 2 is 2.06 bits per heavy atom. The maximum Gasteiger partial charge on any atom is 0.320 e. The van der Waals surface area contributed by atoms with Gasteiger partial charge in [-0.1, -0.05) is 12.1 Å². The average Bonchev–Trinajstić information content (AvgIpc) is 2.29. The van der Waals surface area contributed by atoms with Gasteiger partial charge in [0.25, 0.3) is 0 Å². The fourth-order valence-corrected chi connectivity index (χ4v) is 1.30. The number of para-hydroxylation sites is 1. The Kier molecular flexibility index (Phi) is 4.66. The quantitative estimate of drug-likeness (QED) is 0.722. The summed E-state index contributed by atoms with van der Waals surface area (Å²) in [7, 11) is 0. The van der Waals surface area contributed by atoms with Crippen LogP contribution in [0.25, 0.3) is 0 Å². The molecular formula is C12H15NO4. The van der Waals surface area contributed by atoms with Gasteiger partial charge >= 0.3 is 5.97 Å². The van der Waals surface area contributed by atoms with Crippen LogP contribution in [0.1, 0.15) is 23.7 Å². The number of ketones is 1. The molecule has 0 aliphatic rings. The van der Waals surface area contributed by atoms with E-state index in [2.05, 4.69) is 0 Å². The van der Waals surface area contributed by atoms with Gasteiger partial charge in [0, 0.05) is 6.42 Å². The SMILES string of the molecule is CC(=O)c1ccccc1OCC[C@@H](N)C(=O)O. The third-order valence-electron chi connectivity index (χ3n) is 2.27. The molecule has 3 N–H and O–H groups in total. The van der Waals surface area contributed by atoms with Crippen LogP contribution in [0.5, 0.6) is 5.75 Å². The lowest BCUT2D eigenvalue weighted by atomic mass is 10.1. The third kappa shape index (κ3) is 3.88. The van der Waals surface area contributed by atoms with Crippen LogP contribution in [-0.2, 0) is 4.79 Å². The lowest BCUT2D eigenvalue weighted by molar-refractivity contribution is -0.138. The molecule has 0 amide bonds. The lowest BCUT2D eigenvalue weighted by Gasteiger charge is -2.11. The van der Waals surface area contributed by atoms with E-state index in [-0.39, 0.29) is 18.8 Å². The second-order valence-corrected chi connectivity index (χ2v) is 3.63. The number of carboxylic acid groups (broad SMARTS) is 1. The zero-order valence-electron chi connectivity index (χ0n) is 9.55. The molecule has 17 heavy (non-hydrogen) atoms. The van der Waals surface area contributed by atoms with Crippen LogP contribution >= 0.6 is 0 Å². The van der Waals surface area contributed by atoms with Crippen LogP contribution in [0.2, 0.25) is 0 Å². The van der Waals surface area contributed by atoms with E-state index < -0.39 is 12.0 Å². The van der Waals surface area contributed by atoms with Gasteiger partial charge in [0.2, 0.25) is 0 Å². The number of benzene rings is 1.